The molecular formula is C17H20BrNO2. The molecule has 0 aromatic heterocycles. The van der Waals surface area contributed by atoms with E-state index in [2.05, 4.69) is 28.1 Å². The molecule has 4 heteroatoms. The molecule has 0 saturated heterocycles. The predicted octanol–water partition coefficient (Wildman–Crippen LogP) is 3.93. The predicted molar refractivity (Wildman–Crippen MR) is 88.8 cm³/mol. The van der Waals surface area contributed by atoms with Gasteiger partial charge < -0.3 is 15.2 Å². The maximum atomic E-state index is 5.84. The van der Waals surface area contributed by atoms with Crippen molar-refractivity contribution in [3.05, 3.63) is 58.1 Å². The van der Waals surface area contributed by atoms with Crippen LogP contribution in [0.15, 0.2) is 46.9 Å². The van der Waals surface area contributed by atoms with Crippen molar-refractivity contribution in [2.75, 3.05) is 13.7 Å². The molecule has 112 valence electrons. The molecule has 0 bridgehead atoms. The fourth-order valence-electron chi connectivity index (χ4n) is 2.12. The van der Waals surface area contributed by atoms with Crippen LogP contribution in [-0.4, -0.2) is 13.7 Å². The zero-order valence-electron chi connectivity index (χ0n) is 12.1. The Hall–Kier alpha value is -1.52. The Balaban J connectivity index is 2.09. The van der Waals surface area contributed by atoms with Crippen LogP contribution in [0, 0.1) is 0 Å². The smallest absolute Gasteiger partial charge is 0.125 e. The Morgan fingerprint density at radius 2 is 2.00 bits per heavy atom. The minimum Gasteiger partial charge on any atom is -0.496 e. The molecule has 3 nitrogen and oxygen atoms in total. The van der Waals surface area contributed by atoms with Crippen LogP contribution >= 0.6 is 15.9 Å². The Morgan fingerprint density at radius 3 is 2.71 bits per heavy atom. The van der Waals surface area contributed by atoms with E-state index in [0.717, 1.165) is 34.4 Å². The van der Waals surface area contributed by atoms with Crippen molar-refractivity contribution in [3.8, 4) is 11.5 Å². The first-order chi connectivity index (χ1) is 10.2. The highest BCUT2D eigenvalue weighted by Gasteiger charge is 2.06. The van der Waals surface area contributed by atoms with Gasteiger partial charge in [-0.3, -0.25) is 0 Å². The third kappa shape index (κ3) is 4.76. The number of nitrogens with two attached hydrogens (primary N) is 1. The lowest BCUT2D eigenvalue weighted by molar-refractivity contribution is 0.296. The monoisotopic (exact) mass is 349 g/mol. The maximum absolute atomic E-state index is 5.84. The van der Waals surface area contributed by atoms with E-state index in [9.17, 15) is 0 Å². The van der Waals surface area contributed by atoms with E-state index in [1.165, 1.54) is 5.56 Å². The summed E-state index contributed by atoms with van der Waals surface area (Å²) in [7, 11) is 1.68. The molecule has 0 fully saturated rings. The average Bonchev–Trinajstić information content (AvgIpc) is 2.51. The molecule has 0 unspecified atom stereocenters. The number of halogens is 1. The van der Waals surface area contributed by atoms with Crippen LogP contribution in [0.3, 0.4) is 0 Å². The number of benzene rings is 2. The second-order valence-electron chi connectivity index (χ2n) is 4.78. The number of hydrogen-bond donors (Lipinski definition) is 1. The fraction of sp³-hybridized carbons (Fsp3) is 0.294. The first-order valence-corrected chi connectivity index (χ1v) is 7.76. The molecule has 0 spiro atoms. The normalized spacial score (nSPS) is 10.4. The Kier molecular flexibility index (Phi) is 6.08. The summed E-state index contributed by atoms with van der Waals surface area (Å²) in [6, 6.07) is 14.0. The van der Waals surface area contributed by atoms with Gasteiger partial charge in [0.1, 0.15) is 18.1 Å². The molecular weight excluding hydrogens is 330 g/mol. The summed E-state index contributed by atoms with van der Waals surface area (Å²) in [5.41, 5.74) is 7.87. The Bertz CT molecular complexity index is 587. The molecule has 0 aliphatic heterocycles. The van der Waals surface area contributed by atoms with E-state index in [0.29, 0.717) is 13.2 Å². The van der Waals surface area contributed by atoms with Gasteiger partial charge in [0, 0.05) is 10.0 Å². The van der Waals surface area contributed by atoms with E-state index >= 15 is 0 Å². The molecule has 0 aliphatic carbocycles. The zero-order valence-corrected chi connectivity index (χ0v) is 13.7. The van der Waals surface area contributed by atoms with Crippen LogP contribution in [0.25, 0.3) is 0 Å². The van der Waals surface area contributed by atoms with Gasteiger partial charge in [0.15, 0.2) is 0 Å². The van der Waals surface area contributed by atoms with Crippen LogP contribution in [0.1, 0.15) is 17.5 Å². The summed E-state index contributed by atoms with van der Waals surface area (Å²) < 4.78 is 12.2. The van der Waals surface area contributed by atoms with Gasteiger partial charge in [-0.15, -0.1) is 0 Å². The Morgan fingerprint density at radius 1 is 1.14 bits per heavy atom. The number of hydrogen-bond acceptors (Lipinski definition) is 3. The van der Waals surface area contributed by atoms with Crippen LogP contribution in [0.2, 0.25) is 0 Å². The minimum atomic E-state index is 0.482. The summed E-state index contributed by atoms with van der Waals surface area (Å²) in [4.78, 5) is 0. The topological polar surface area (TPSA) is 44.5 Å². The standard InChI is InChI=1S/C17H20BrNO2/c1-20-17-8-7-13(4-3-9-19)10-14(17)12-21-16-6-2-5-15(18)11-16/h2,5-8,10-11H,3-4,9,12,19H2,1H3. The van der Waals surface area contributed by atoms with Crippen molar-refractivity contribution in [2.45, 2.75) is 19.4 Å². The van der Waals surface area contributed by atoms with Crippen molar-refractivity contribution in [1.29, 1.82) is 0 Å². The highest BCUT2D eigenvalue weighted by atomic mass is 79.9. The van der Waals surface area contributed by atoms with Gasteiger partial charge in [0.2, 0.25) is 0 Å². The third-order valence-electron chi connectivity index (χ3n) is 3.20. The summed E-state index contributed by atoms with van der Waals surface area (Å²) in [6.07, 6.45) is 1.96. The second-order valence-corrected chi connectivity index (χ2v) is 5.70. The van der Waals surface area contributed by atoms with Crippen LogP contribution < -0.4 is 15.2 Å². The fourth-order valence-corrected chi connectivity index (χ4v) is 2.50. The van der Waals surface area contributed by atoms with Gasteiger partial charge in [-0.1, -0.05) is 28.1 Å². The van der Waals surface area contributed by atoms with E-state index in [1.807, 2.05) is 30.3 Å². The summed E-state index contributed by atoms with van der Waals surface area (Å²) in [6.45, 7) is 1.19. The maximum Gasteiger partial charge on any atom is 0.125 e. The summed E-state index contributed by atoms with van der Waals surface area (Å²) in [5.74, 6) is 1.68. The van der Waals surface area contributed by atoms with E-state index in [4.69, 9.17) is 15.2 Å². The van der Waals surface area contributed by atoms with Crippen molar-refractivity contribution < 1.29 is 9.47 Å². The van der Waals surface area contributed by atoms with Crippen LogP contribution in [0.5, 0.6) is 11.5 Å². The third-order valence-corrected chi connectivity index (χ3v) is 3.70. The first kappa shape index (κ1) is 15.9. The molecule has 0 amide bonds. The molecule has 2 aromatic rings. The number of methoxy groups -OCH3 is 1. The number of aryl methyl sites for hydroxylation is 1. The largest absolute Gasteiger partial charge is 0.496 e. The lowest BCUT2D eigenvalue weighted by Crippen LogP contribution is -2.03. The van der Waals surface area contributed by atoms with Gasteiger partial charge in [-0.2, -0.15) is 0 Å². The van der Waals surface area contributed by atoms with Crippen molar-refractivity contribution in [2.24, 2.45) is 5.73 Å². The molecule has 2 N–H and O–H groups in total. The molecule has 21 heavy (non-hydrogen) atoms. The van der Waals surface area contributed by atoms with Crippen molar-refractivity contribution in [3.63, 3.8) is 0 Å². The molecule has 0 heterocycles. The highest BCUT2D eigenvalue weighted by molar-refractivity contribution is 9.10. The van der Waals surface area contributed by atoms with Crippen LogP contribution in [-0.2, 0) is 13.0 Å². The number of ether oxygens (including phenoxy) is 2. The van der Waals surface area contributed by atoms with Crippen molar-refractivity contribution in [1.82, 2.24) is 0 Å². The molecule has 0 atom stereocenters. The lowest BCUT2D eigenvalue weighted by Gasteiger charge is -2.12. The van der Waals surface area contributed by atoms with E-state index in [-0.39, 0.29) is 0 Å². The summed E-state index contributed by atoms with van der Waals surface area (Å²) in [5, 5.41) is 0. The minimum absolute atomic E-state index is 0.482. The van der Waals surface area contributed by atoms with Gasteiger partial charge in [0.05, 0.1) is 7.11 Å². The molecule has 0 saturated carbocycles. The molecule has 2 aromatic carbocycles. The van der Waals surface area contributed by atoms with Crippen molar-refractivity contribution >= 4 is 15.9 Å². The SMILES string of the molecule is COc1ccc(CCCN)cc1COc1cccc(Br)c1. The second kappa shape index (κ2) is 8.05. The molecule has 0 aliphatic rings. The molecule has 0 radical (unpaired) electrons. The van der Waals surface area contributed by atoms with Gasteiger partial charge >= 0.3 is 0 Å². The first-order valence-electron chi connectivity index (χ1n) is 6.97. The van der Waals surface area contributed by atoms with E-state index in [1.54, 1.807) is 7.11 Å². The zero-order chi connectivity index (χ0) is 15.1. The highest BCUT2D eigenvalue weighted by Crippen LogP contribution is 2.24. The quantitative estimate of drug-likeness (QED) is 0.823. The molecule has 2 rings (SSSR count). The summed E-state index contributed by atoms with van der Waals surface area (Å²) >= 11 is 3.44. The Labute approximate surface area is 134 Å². The van der Waals surface area contributed by atoms with Crippen LogP contribution in [0.4, 0.5) is 0 Å². The van der Waals surface area contributed by atoms with Gasteiger partial charge in [0.25, 0.3) is 0 Å². The average molecular weight is 350 g/mol. The van der Waals surface area contributed by atoms with E-state index < -0.39 is 0 Å². The number of rotatable bonds is 7. The lowest BCUT2D eigenvalue weighted by atomic mass is 10.1. The van der Waals surface area contributed by atoms with Gasteiger partial charge in [-0.05, 0) is 55.3 Å². The van der Waals surface area contributed by atoms with Gasteiger partial charge in [-0.25, -0.2) is 0 Å².